The minimum atomic E-state index is -0.542. The number of ether oxygens (including phenoxy) is 1. The summed E-state index contributed by atoms with van der Waals surface area (Å²) in [6, 6.07) is 11.9. The van der Waals surface area contributed by atoms with Crippen molar-refractivity contribution in [3.63, 3.8) is 0 Å². The fourth-order valence-electron chi connectivity index (χ4n) is 3.05. The topological polar surface area (TPSA) is 84.7 Å². The molecular weight excluding hydrogens is 378 g/mol. The summed E-state index contributed by atoms with van der Waals surface area (Å²) in [5.74, 6) is 2.06. The number of nitrogens with zero attached hydrogens (tertiary/aromatic N) is 2. The van der Waals surface area contributed by atoms with Crippen LogP contribution in [0.15, 0.2) is 42.5 Å². The van der Waals surface area contributed by atoms with E-state index in [1.165, 1.54) is 18.2 Å². The molecule has 0 unspecified atom stereocenters. The summed E-state index contributed by atoms with van der Waals surface area (Å²) < 4.78 is 5.26. The minimum absolute atomic E-state index is 0.158. The average Bonchev–Trinajstić information content (AvgIpc) is 2.69. The first kappa shape index (κ1) is 20.2. The number of amides is 1. The van der Waals surface area contributed by atoms with E-state index < -0.39 is 10.8 Å². The monoisotopic (exact) mass is 401 g/mol. The van der Waals surface area contributed by atoms with Gasteiger partial charge in [-0.3, -0.25) is 19.8 Å². The van der Waals surface area contributed by atoms with E-state index in [-0.39, 0.29) is 17.0 Å². The summed E-state index contributed by atoms with van der Waals surface area (Å²) in [4.78, 5) is 25.7. The van der Waals surface area contributed by atoms with Crippen molar-refractivity contribution < 1.29 is 14.5 Å². The number of hydrogen-bond acceptors (Lipinski definition) is 6. The fraction of sp³-hybridized carbons (Fsp3) is 0.350. The standard InChI is InChI=1S/C20H23N3O4S/c1-2-27-19-7-6-16(13-18(19)23(25)26)20(24)21-17-5-3-4-15(12-17)14-22-8-10-28-11-9-22/h3-7,12-13H,2,8-11,14H2,1H3,(H,21,24). The van der Waals surface area contributed by atoms with Gasteiger partial charge in [0.15, 0.2) is 5.75 Å². The molecule has 1 heterocycles. The maximum atomic E-state index is 12.6. The van der Waals surface area contributed by atoms with Crippen LogP contribution in [0.2, 0.25) is 0 Å². The van der Waals surface area contributed by atoms with Gasteiger partial charge in [0.2, 0.25) is 0 Å². The lowest BCUT2D eigenvalue weighted by atomic mass is 10.1. The molecule has 2 aromatic rings. The van der Waals surface area contributed by atoms with Crippen LogP contribution in [-0.2, 0) is 6.54 Å². The smallest absolute Gasteiger partial charge is 0.311 e. The van der Waals surface area contributed by atoms with Gasteiger partial charge < -0.3 is 10.1 Å². The third kappa shape index (κ3) is 5.24. The molecule has 0 atom stereocenters. The molecule has 1 aliphatic rings. The number of anilines is 1. The largest absolute Gasteiger partial charge is 0.487 e. The summed E-state index contributed by atoms with van der Waals surface area (Å²) in [5.41, 5.74) is 1.80. The Bertz CT molecular complexity index is 853. The van der Waals surface area contributed by atoms with E-state index in [4.69, 9.17) is 4.74 Å². The molecule has 0 radical (unpaired) electrons. The third-order valence-electron chi connectivity index (χ3n) is 4.41. The van der Waals surface area contributed by atoms with Crippen molar-refractivity contribution in [2.45, 2.75) is 13.5 Å². The molecule has 0 spiro atoms. The van der Waals surface area contributed by atoms with Crippen LogP contribution < -0.4 is 10.1 Å². The Labute approximate surface area is 168 Å². The van der Waals surface area contributed by atoms with Crippen molar-refractivity contribution in [1.29, 1.82) is 0 Å². The molecule has 148 valence electrons. The van der Waals surface area contributed by atoms with E-state index in [0.717, 1.165) is 36.7 Å². The lowest BCUT2D eigenvalue weighted by Crippen LogP contribution is -2.31. The van der Waals surface area contributed by atoms with Gasteiger partial charge in [-0.05, 0) is 36.8 Å². The number of hydrogen-bond donors (Lipinski definition) is 1. The van der Waals surface area contributed by atoms with Gasteiger partial charge in [0.1, 0.15) is 0 Å². The van der Waals surface area contributed by atoms with Crippen LogP contribution in [0.25, 0.3) is 0 Å². The number of nitro groups is 1. The van der Waals surface area contributed by atoms with Gasteiger partial charge in [-0.2, -0.15) is 11.8 Å². The Hall–Kier alpha value is -2.58. The van der Waals surface area contributed by atoms with E-state index in [1.54, 1.807) is 6.92 Å². The van der Waals surface area contributed by atoms with Crippen molar-refractivity contribution in [1.82, 2.24) is 4.90 Å². The highest BCUT2D eigenvalue weighted by Gasteiger charge is 2.19. The second-order valence-corrected chi connectivity index (χ2v) is 7.64. The summed E-state index contributed by atoms with van der Waals surface area (Å²) in [6.45, 7) is 5.04. The summed E-state index contributed by atoms with van der Waals surface area (Å²) in [6.07, 6.45) is 0. The molecule has 1 fully saturated rings. The Morgan fingerprint density at radius 1 is 1.25 bits per heavy atom. The van der Waals surface area contributed by atoms with Crippen LogP contribution in [0.1, 0.15) is 22.8 Å². The summed E-state index contributed by atoms with van der Waals surface area (Å²) in [5, 5.41) is 14.1. The van der Waals surface area contributed by atoms with Crippen LogP contribution in [0.3, 0.4) is 0 Å². The van der Waals surface area contributed by atoms with Crippen LogP contribution in [0, 0.1) is 10.1 Å². The van der Waals surface area contributed by atoms with E-state index in [1.807, 2.05) is 36.0 Å². The van der Waals surface area contributed by atoms with Crippen LogP contribution >= 0.6 is 11.8 Å². The molecule has 1 N–H and O–H groups in total. The van der Waals surface area contributed by atoms with Gasteiger partial charge >= 0.3 is 5.69 Å². The highest BCUT2D eigenvalue weighted by Crippen LogP contribution is 2.28. The lowest BCUT2D eigenvalue weighted by molar-refractivity contribution is -0.385. The third-order valence-corrected chi connectivity index (χ3v) is 5.35. The number of carbonyl (C=O) groups is 1. The number of nitro benzene ring substituents is 1. The molecule has 3 rings (SSSR count). The molecule has 8 heteroatoms. The summed E-state index contributed by atoms with van der Waals surface area (Å²) >= 11 is 1.97. The van der Waals surface area contributed by atoms with Gasteiger partial charge in [-0.25, -0.2) is 0 Å². The van der Waals surface area contributed by atoms with Gasteiger partial charge in [0.05, 0.1) is 11.5 Å². The highest BCUT2D eigenvalue weighted by atomic mass is 32.2. The van der Waals surface area contributed by atoms with Crippen molar-refractivity contribution >= 4 is 29.0 Å². The van der Waals surface area contributed by atoms with E-state index >= 15 is 0 Å². The molecule has 28 heavy (non-hydrogen) atoms. The zero-order chi connectivity index (χ0) is 19.9. The van der Waals surface area contributed by atoms with Gasteiger partial charge in [0.25, 0.3) is 5.91 Å². The molecule has 0 bridgehead atoms. The molecule has 0 saturated carbocycles. The normalized spacial score (nSPS) is 14.5. The number of benzene rings is 2. The van der Waals surface area contributed by atoms with Crippen molar-refractivity contribution in [2.75, 3.05) is 36.5 Å². The number of nitrogens with one attached hydrogen (secondary N) is 1. The Balaban J connectivity index is 1.71. The minimum Gasteiger partial charge on any atom is -0.487 e. The van der Waals surface area contributed by atoms with E-state index in [0.29, 0.717) is 12.3 Å². The maximum Gasteiger partial charge on any atom is 0.311 e. The molecule has 0 aliphatic carbocycles. The lowest BCUT2D eigenvalue weighted by Gasteiger charge is -2.26. The molecule has 7 nitrogen and oxygen atoms in total. The Kier molecular flexibility index (Phi) is 6.89. The molecule has 1 aliphatic heterocycles. The highest BCUT2D eigenvalue weighted by molar-refractivity contribution is 7.99. The quantitative estimate of drug-likeness (QED) is 0.561. The fourth-order valence-corrected chi connectivity index (χ4v) is 4.03. The van der Waals surface area contributed by atoms with Gasteiger partial charge in [0, 0.05) is 48.5 Å². The Morgan fingerprint density at radius 2 is 2.04 bits per heavy atom. The second-order valence-electron chi connectivity index (χ2n) is 6.42. The molecule has 2 aromatic carbocycles. The first-order chi connectivity index (χ1) is 13.6. The number of rotatable bonds is 7. The van der Waals surface area contributed by atoms with Crippen LogP contribution in [-0.4, -0.2) is 46.9 Å². The summed E-state index contributed by atoms with van der Waals surface area (Å²) in [7, 11) is 0. The average molecular weight is 401 g/mol. The van der Waals surface area contributed by atoms with E-state index in [9.17, 15) is 14.9 Å². The molecule has 0 aromatic heterocycles. The van der Waals surface area contributed by atoms with Gasteiger partial charge in [-0.1, -0.05) is 12.1 Å². The second kappa shape index (κ2) is 9.57. The number of carbonyl (C=O) groups excluding carboxylic acids is 1. The first-order valence-electron chi connectivity index (χ1n) is 9.18. The SMILES string of the molecule is CCOc1ccc(C(=O)Nc2cccc(CN3CCSCC3)c2)cc1[N+](=O)[O-]. The molecule has 1 saturated heterocycles. The van der Waals surface area contributed by atoms with Crippen molar-refractivity contribution in [3.05, 3.63) is 63.7 Å². The molecule has 1 amide bonds. The number of thioether (sulfide) groups is 1. The predicted octanol–water partition coefficient (Wildman–Crippen LogP) is 3.79. The molecular formula is C20H23N3O4S. The Morgan fingerprint density at radius 3 is 2.75 bits per heavy atom. The van der Waals surface area contributed by atoms with Crippen molar-refractivity contribution in [2.24, 2.45) is 0 Å². The zero-order valence-electron chi connectivity index (χ0n) is 15.7. The maximum absolute atomic E-state index is 12.6. The zero-order valence-corrected chi connectivity index (χ0v) is 16.5. The van der Waals surface area contributed by atoms with Crippen molar-refractivity contribution in [3.8, 4) is 5.75 Å². The predicted molar refractivity (Wildman–Crippen MR) is 111 cm³/mol. The van der Waals surface area contributed by atoms with E-state index in [2.05, 4.69) is 10.2 Å². The van der Waals surface area contributed by atoms with Crippen LogP contribution in [0.5, 0.6) is 5.75 Å². The van der Waals surface area contributed by atoms with Crippen LogP contribution in [0.4, 0.5) is 11.4 Å². The first-order valence-corrected chi connectivity index (χ1v) is 10.3. The van der Waals surface area contributed by atoms with Gasteiger partial charge in [-0.15, -0.1) is 0 Å².